The summed E-state index contributed by atoms with van der Waals surface area (Å²) in [5, 5.41) is 5.00. The first-order valence-corrected chi connectivity index (χ1v) is 10.5. The molecule has 0 atom stereocenters. The average molecular weight is 402 g/mol. The highest BCUT2D eigenvalue weighted by Crippen LogP contribution is 2.34. The molecule has 0 fully saturated rings. The second-order valence-corrected chi connectivity index (χ2v) is 7.50. The van der Waals surface area contributed by atoms with Gasteiger partial charge in [-0.1, -0.05) is 26.2 Å². The average Bonchev–Trinajstić information content (AvgIpc) is 3.29. The topological polar surface area (TPSA) is 64.9 Å². The quantitative estimate of drug-likeness (QED) is 0.514. The van der Waals surface area contributed by atoms with E-state index in [1.165, 1.54) is 24.2 Å². The molecule has 0 unspecified atom stereocenters. The van der Waals surface area contributed by atoms with Gasteiger partial charge in [0.15, 0.2) is 4.96 Å². The SMILES string of the molecule is CCCCCCNC(=O)Cc1csc2nc(-c3cc(OC)ccc3OC)cn12. The van der Waals surface area contributed by atoms with E-state index in [1.54, 1.807) is 14.2 Å². The Balaban J connectivity index is 1.74. The lowest BCUT2D eigenvalue weighted by atomic mass is 10.1. The van der Waals surface area contributed by atoms with Crippen LogP contribution in [0.5, 0.6) is 11.5 Å². The highest BCUT2D eigenvalue weighted by atomic mass is 32.1. The van der Waals surface area contributed by atoms with Crippen molar-refractivity contribution >= 4 is 22.2 Å². The lowest BCUT2D eigenvalue weighted by molar-refractivity contribution is -0.120. The van der Waals surface area contributed by atoms with Gasteiger partial charge in [0.25, 0.3) is 0 Å². The Kier molecular flexibility index (Phi) is 6.92. The third-order valence-corrected chi connectivity index (χ3v) is 5.55. The van der Waals surface area contributed by atoms with Gasteiger partial charge in [0.05, 0.1) is 26.3 Å². The second-order valence-electron chi connectivity index (χ2n) is 6.66. The van der Waals surface area contributed by atoms with Crippen LogP contribution in [0.3, 0.4) is 0 Å². The number of amides is 1. The molecule has 0 aliphatic carbocycles. The number of hydrogen-bond acceptors (Lipinski definition) is 5. The number of unbranched alkanes of at least 4 members (excludes halogenated alkanes) is 3. The van der Waals surface area contributed by atoms with Crippen LogP contribution in [0.15, 0.2) is 29.8 Å². The maximum absolute atomic E-state index is 12.3. The minimum absolute atomic E-state index is 0.0467. The third kappa shape index (κ3) is 4.65. The molecule has 0 saturated heterocycles. The molecule has 7 heteroatoms. The number of imidazole rings is 1. The molecule has 2 aromatic heterocycles. The maximum Gasteiger partial charge on any atom is 0.225 e. The number of hydrogen-bond donors (Lipinski definition) is 1. The summed E-state index contributed by atoms with van der Waals surface area (Å²) in [6.45, 7) is 2.92. The number of rotatable bonds is 10. The largest absolute Gasteiger partial charge is 0.497 e. The molecule has 1 aromatic carbocycles. The molecule has 0 spiro atoms. The van der Waals surface area contributed by atoms with Gasteiger partial charge >= 0.3 is 0 Å². The van der Waals surface area contributed by atoms with E-state index >= 15 is 0 Å². The number of carbonyl (C=O) groups excluding carboxylic acids is 1. The second kappa shape index (κ2) is 9.59. The van der Waals surface area contributed by atoms with Gasteiger partial charge in [0.1, 0.15) is 11.5 Å². The summed E-state index contributed by atoms with van der Waals surface area (Å²) in [5.41, 5.74) is 2.60. The summed E-state index contributed by atoms with van der Waals surface area (Å²) in [6.07, 6.45) is 6.90. The molecule has 28 heavy (non-hydrogen) atoms. The van der Waals surface area contributed by atoms with E-state index in [0.717, 1.165) is 52.8 Å². The van der Waals surface area contributed by atoms with E-state index < -0.39 is 0 Å². The number of ether oxygens (including phenoxy) is 2. The fraction of sp³-hybridized carbons (Fsp3) is 0.429. The summed E-state index contributed by atoms with van der Waals surface area (Å²) in [5.74, 6) is 1.53. The van der Waals surface area contributed by atoms with Crippen LogP contribution in [-0.4, -0.2) is 36.1 Å². The molecule has 0 saturated carbocycles. The predicted octanol–water partition coefficient (Wildman–Crippen LogP) is 4.32. The highest BCUT2D eigenvalue weighted by Gasteiger charge is 2.15. The Labute approximate surface area is 169 Å². The van der Waals surface area contributed by atoms with Gasteiger partial charge in [0.2, 0.25) is 5.91 Å². The summed E-state index contributed by atoms with van der Waals surface area (Å²) in [7, 11) is 3.27. The molecule has 0 aliphatic heterocycles. The minimum Gasteiger partial charge on any atom is -0.497 e. The zero-order chi connectivity index (χ0) is 19.9. The normalized spacial score (nSPS) is 11.0. The van der Waals surface area contributed by atoms with E-state index in [4.69, 9.17) is 14.5 Å². The Hall–Kier alpha value is -2.54. The van der Waals surface area contributed by atoms with Gasteiger partial charge in [-0.15, -0.1) is 11.3 Å². The van der Waals surface area contributed by atoms with E-state index in [-0.39, 0.29) is 5.91 Å². The van der Waals surface area contributed by atoms with Crippen LogP contribution < -0.4 is 14.8 Å². The van der Waals surface area contributed by atoms with Crippen molar-refractivity contribution in [1.82, 2.24) is 14.7 Å². The predicted molar refractivity (Wildman–Crippen MR) is 112 cm³/mol. The highest BCUT2D eigenvalue weighted by molar-refractivity contribution is 7.15. The fourth-order valence-corrected chi connectivity index (χ4v) is 3.98. The molecular weight excluding hydrogens is 374 g/mol. The van der Waals surface area contributed by atoms with Gasteiger partial charge < -0.3 is 14.8 Å². The van der Waals surface area contributed by atoms with Crippen molar-refractivity contribution in [3.63, 3.8) is 0 Å². The van der Waals surface area contributed by atoms with Crippen LogP contribution in [-0.2, 0) is 11.2 Å². The molecular formula is C21H27N3O3S. The lowest BCUT2D eigenvalue weighted by Gasteiger charge is -2.08. The maximum atomic E-state index is 12.3. The first-order valence-electron chi connectivity index (χ1n) is 9.60. The smallest absolute Gasteiger partial charge is 0.225 e. The molecule has 3 rings (SSSR count). The first-order chi connectivity index (χ1) is 13.7. The zero-order valence-electron chi connectivity index (χ0n) is 16.7. The number of nitrogens with one attached hydrogen (secondary N) is 1. The summed E-state index contributed by atoms with van der Waals surface area (Å²) < 4.78 is 12.8. The van der Waals surface area contributed by atoms with Crippen molar-refractivity contribution in [2.45, 2.75) is 39.0 Å². The van der Waals surface area contributed by atoms with Crippen molar-refractivity contribution in [2.75, 3.05) is 20.8 Å². The van der Waals surface area contributed by atoms with Gasteiger partial charge in [-0.05, 0) is 24.6 Å². The molecule has 1 amide bonds. The van der Waals surface area contributed by atoms with Crippen LogP contribution >= 0.6 is 11.3 Å². The Morgan fingerprint density at radius 3 is 2.82 bits per heavy atom. The Morgan fingerprint density at radius 1 is 1.21 bits per heavy atom. The first kappa shape index (κ1) is 20.2. The van der Waals surface area contributed by atoms with Crippen molar-refractivity contribution in [1.29, 1.82) is 0 Å². The number of benzene rings is 1. The molecule has 0 aliphatic rings. The molecule has 6 nitrogen and oxygen atoms in total. The lowest BCUT2D eigenvalue weighted by Crippen LogP contribution is -2.26. The third-order valence-electron chi connectivity index (χ3n) is 4.66. The van der Waals surface area contributed by atoms with Crippen molar-refractivity contribution < 1.29 is 14.3 Å². The molecule has 1 N–H and O–H groups in total. The van der Waals surface area contributed by atoms with E-state index in [2.05, 4.69) is 12.2 Å². The van der Waals surface area contributed by atoms with E-state index in [9.17, 15) is 4.79 Å². The van der Waals surface area contributed by atoms with Crippen molar-refractivity contribution in [3.05, 3.63) is 35.5 Å². The number of carbonyl (C=O) groups is 1. The van der Waals surface area contributed by atoms with E-state index in [1.807, 2.05) is 34.2 Å². The van der Waals surface area contributed by atoms with Crippen LogP contribution in [0.1, 0.15) is 38.3 Å². The van der Waals surface area contributed by atoms with Gasteiger partial charge in [-0.25, -0.2) is 4.98 Å². The minimum atomic E-state index is 0.0467. The fourth-order valence-electron chi connectivity index (χ4n) is 3.11. The Morgan fingerprint density at radius 2 is 2.07 bits per heavy atom. The van der Waals surface area contributed by atoms with Crippen LogP contribution in [0.4, 0.5) is 0 Å². The van der Waals surface area contributed by atoms with Gasteiger partial charge in [0, 0.05) is 29.4 Å². The van der Waals surface area contributed by atoms with Gasteiger partial charge in [-0.2, -0.15) is 0 Å². The van der Waals surface area contributed by atoms with Crippen LogP contribution in [0.25, 0.3) is 16.2 Å². The van der Waals surface area contributed by atoms with Crippen LogP contribution in [0.2, 0.25) is 0 Å². The summed E-state index contributed by atoms with van der Waals surface area (Å²) in [6, 6.07) is 5.64. The zero-order valence-corrected chi connectivity index (χ0v) is 17.5. The molecule has 3 aromatic rings. The molecule has 0 radical (unpaired) electrons. The number of aromatic nitrogens is 2. The number of nitrogens with zero attached hydrogens (tertiary/aromatic N) is 2. The standard InChI is InChI=1S/C21H27N3O3S/c1-4-5-6-7-10-22-20(25)11-15-14-28-21-23-18(13-24(15)21)17-12-16(26-2)8-9-19(17)27-3/h8-9,12-14H,4-7,10-11H2,1-3H3,(H,22,25). The molecule has 150 valence electrons. The van der Waals surface area contributed by atoms with E-state index in [0.29, 0.717) is 6.42 Å². The monoisotopic (exact) mass is 401 g/mol. The number of thiazole rings is 1. The molecule has 0 bridgehead atoms. The summed E-state index contributed by atoms with van der Waals surface area (Å²) in [4.78, 5) is 17.8. The Bertz CT molecular complexity index is 932. The van der Waals surface area contributed by atoms with Crippen LogP contribution in [0, 0.1) is 0 Å². The van der Waals surface area contributed by atoms with Gasteiger partial charge in [-0.3, -0.25) is 9.20 Å². The summed E-state index contributed by atoms with van der Waals surface area (Å²) >= 11 is 1.53. The molecule has 2 heterocycles. The van der Waals surface area contributed by atoms with Crippen molar-refractivity contribution in [3.8, 4) is 22.8 Å². The number of fused-ring (bicyclic) bond motifs is 1. The van der Waals surface area contributed by atoms with Crippen molar-refractivity contribution in [2.24, 2.45) is 0 Å². The number of methoxy groups -OCH3 is 2.